The summed E-state index contributed by atoms with van der Waals surface area (Å²) < 4.78 is 1.76. The first kappa shape index (κ1) is 9.27. The summed E-state index contributed by atoms with van der Waals surface area (Å²) in [5.74, 6) is 0.864. The minimum Gasteiger partial charge on any atom is -0.236 e. The molecule has 2 aromatic rings. The van der Waals surface area contributed by atoms with Gasteiger partial charge in [-0.1, -0.05) is 12.2 Å². The van der Waals surface area contributed by atoms with E-state index >= 15 is 0 Å². The highest BCUT2D eigenvalue weighted by molar-refractivity contribution is 7.80. The Morgan fingerprint density at radius 2 is 2.43 bits per heavy atom. The Kier molecular flexibility index (Phi) is 2.84. The van der Waals surface area contributed by atoms with E-state index < -0.39 is 0 Å². The van der Waals surface area contributed by atoms with Gasteiger partial charge in [-0.3, -0.25) is 0 Å². The molecule has 0 saturated heterocycles. The largest absolute Gasteiger partial charge is 0.236 e. The third kappa shape index (κ3) is 1.80. The van der Waals surface area contributed by atoms with E-state index in [1.807, 2.05) is 24.5 Å². The number of hydrogen-bond acceptors (Lipinski definition) is 3. The van der Waals surface area contributed by atoms with Gasteiger partial charge in [0.25, 0.3) is 0 Å². The first-order chi connectivity index (χ1) is 6.92. The van der Waals surface area contributed by atoms with Crippen molar-refractivity contribution < 1.29 is 0 Å². The summed E-state index contributed by atoms with van der Waals surface area (Å²) in [6.45, 7) is 0. The fraction of sp³-hybridized carbons (Fsp3) is 0.200. The number of allylic oxidation sites excluding steroid dienone is 1. The maximum absolute atomic E-state index is 4.25. The molecule has 0 aliphatic carbocycles. The molecule has 0 aromatic carbocycles. The smallest absolute Gasteiger partial charge is 0.162 e. The summed E-state index contributed by atoms with van der Waals surface area (Å²) in [6.07, 6.45) is 10.6. The highest BCUT2D eigenvalue weighted by atomic mass is 32.1. The number of hydrogen-bond donors (Lipinski definition) is 1. The molecule has 0 saturated carbocycles. The molecule has 0 aliphatic heterocycles. The van der Waals surface area contributed by atoms with E-state index in [-0.39, 0.29) is 0 Å². The summed E-state index contributed by atoms with van der Waals surface area (Å²) >= 11 is 4.14. The molecule has 0 amide bonds. The second-order valence-corrected chi connectivity index (χ2v) is 3.35. The third-order valence-electron chi connectivity index (χ3n) is 1.90. The number of rotatable bonds is 3. The topological polar surface area (TPSA) is 30.2 Å². The minimum atomic E-state index is 0.864. The van der Waals surface area contributed by atoms with Crippen molar-refractivity contribution in [3.8, 4) is 0 Å². The Bertz CT molecular complexity index is 447. The first-order valence-corrected chi connectivity index (χ1v) is 5.11. The molecule has 14 heavy (non-hydrogen) atoms. The van der Waals surface area contributed by atoms with Crippen LogP contribution in [0.25, 0.3) is 11.7 Å². The van der Waals surface area contributed by atoms with Crippen LogP contribution >= 0.6 is 12.6 Å². The van der Waals surface area contributed by atoms with Crippen molar-refractivity contribution in [3.05, 3.63) is 36.3 Å². The van der Waals surface area contributed by atoms with E-state index in [9.17, 15) is 0 Å². The van der Waals surface area contributed by atoms with Crippen LogP contribution in [0.15, 0.2) is 30.7 Å². The maximum Gasteiger partial charge on any atom is 0.162 e. The number of aromatic nitrogens is 3. The second kappa shape index (κ2) is 4.28. The van der Waals surface area contributed by atoms with Gasteiger partial charge in [-0.25, -0.2) is 9.50 Å². The molecule has 0 aliphatic rings. The number of thiol groups is 1. The number of nitrogens with zero attached hydrogens (tertiary/aromatic N) is 3. The molecule has 0 atom stereocenters. The van der Waals surface area contributed by atoms with Crippen LogP contribution in [0.1, 0.15) is 12.0 Å². The summed E-state index contributed by atoms with van der Waals surface area (Å²) in [5.41, 5.74) is 1.94. The van der Waals surface area contributed by atoms with E-state index in [1.54, 1.807) is 10.7 Å². The fourth-order valence-electron chi connectivity index (χ4n) is 1.25. The zero-order valence-electron chi connectivity index (χ0n) is 7.67. The molecule has 4 heteroatoms. The lowest BCUT2D eigenvalue weighted by molar-refractivity contribution is 0.939. The van der Waals surface area contributed by atoms with Gasteiger partial charge in [0, 0.05) is 18.0 Å². The SMILES string of the molecule is SCCC=Cc1cnn2cccnc12. The lowest BCUT2D eigenvalue weighted by atomic mass is 10.3. The standard InChI is InChI=1S/C10H11N3S/c14-7-2-1-4-9-8-12-13-6-3-5-11-10(9)13/h1,3-6,8,14H,2,7H2. The monoisotopic (exact) mass is 205 g/mol. The zero-order chi connectivity index (χ0) is 9.80. The first-order valence-electron chi connectivity index (χ1n) is 4.47. The highest BCUT2D eigenvalue weighted by Gasteiger charge is 1.99. The lowest BCUT2D eigenvalue weighted by Gasteiger charge is -1.90. The predicted molar refractivity (Wildman–Crippen MR) is 60.5 cm³/mol. The molecule has 3 nitrogen and oxygen atoms in total. The number of fused-ring (bicyclic) bond motifs is 1. The van der Waals surface area contributed by atoms with E-state index in [2.05, 4.69) is 28.8 Å². The van der Waals surface area contributed by atoms with Gasteiger partial charge in [-0.05, 0) is 18.2 Å². The average Bonchev–Trinajstić information content (AvgIpc) is 2.63. The summed E-state index contributed by atoms with van der Waals surface area (Å²) in [4.78, 5) is 4.25. The Labute approximate surface area is 87.9 Å². The molecular formula is C10H11N3S. The van der Waals surface area contributed by atoms with Gasteiger partial charge < -0.3 is 0 Å². The van der Waals surface area contributed by atoms with E-state index in [0.29, 0.717) is 0 Å². The van der Waals surface area contributed by atoms with Crippen LogP contribution in [0.3, 0.4) is 0 Å². The average molecular weight is 205 g/mol. The Hall–Kier alpha value is -1.29. The molecule has 0 spiro atoms. The zero-order valence-corrected chi connectivity index (χ0v) is 8.56. The van der Waals surface area contributed by atoms with Crippen molar-refractivity contribution in [2.45, 2.75) is 6.42 Å². The minimum absolute atomic E-state index is 0.864. The van der Waals surface area contributed by atoms with Crippen molar-refractivity contribution in [2.75, 3.05) is 5.75 Å². The Morgan fingerprint density at radius 1 is 1.50 bits per heavy atom. The van der Waals surface area contributed by atoms with E-state index in [0.717, 1.165) is 23.4 Å². The second-order valence-electron chi connectivity index (χ2n) is 2.90. The van der Waals surface area contributed by atoms with Crippen LogP contribution in [0.5, 0.6) is 0 Å². The van der Waals surface area contributed by atoms with Crippen LogP contribution in [0.4, 0.5) is 0 Å². The summed E-state index contributed by atoms with van der Waals surface area (Å²) in [7, 11) is 0. The van der Waals surface area contributed by atoms with Gasteiger partial charge in [0.1, 0.15) is 0 Å². The van der Waals surface area contributed by atoms with Crippen LogP contribution in [0.2, 0.25) is 0 Å². The molecular weight excluding hydrogens is 194 g/mol. The van der Waals surface area contributed by atoms with Gasteiger partial charge in [0.2, 0.25) is 0 Å². The van der Waals surface area contributed by atoms with Gasteiger partial charge >= 0.3 is 0 Å². The van der Waals surface area contributed by atoms with E-state index in [4.69, 9.17) is 0 Å². The predicted octanol–water partition coefficient (Wildman–Crippen LogP) is 2.06. The fourth-order valence-corrected chi connectivity index (χ4v) is 1.40. The molecule has 0 fully saturated rings. The quantitative estimate of drug-likeness (QED) is 0.777. The molecule has 2 rings (SSSR count). The summed E-state index contributed by atoms with van der Waals surface area (Å²) in [5, 5.41) is 4.18. The maximum atomic E-state index is 4.25. The van der Waals surface area contributed by atoms with Crippen LogP contribution in [0, 0.1) is 0 Å². The summed E-state index contributed by atoms with van der Waals surface area (Å²) in [6, 6.07) is 1.86. The Morgan fingerprint density at radius 3 is 3.29 bits per heavy atom. The molecule has 2 aromatic heterocycles. The normalized spacial score (nSPS) is 11.5. The van der Waals surface area contributed by atoms with Gasteiger partial charge in [0.15, 0.2) is 5.65 Å². The molecule has 0 unspecified atom stereocenters. The lowest BCUT2D eigenvalue weighted by Crippen LogP contribution is -1.86. The molecule has 2 heterocycles. The third-order valence-corrected chi connectivity index (χ3v) is 2.16. The Balaban J connectivity index is 2.34. The van der Waals surface area contributed by atoms with Gasteiger partial charge in [0.05, 0.1) is 6.20 Å². The van der Waals surface area contributed by atoms with Crippen molar-refractivity contribution in [1.29, 1.82) is 0 Å². The highest BCUT2D eigenvalue weighted by Crippen LogP contribution is 2.09. The van der Waals surface area contributed by atoms with Crippen molar-refractivity contribution in [1.82, 2.24) is 14.6 Å². The van der Waals surface area contributed by atoms with Crippen LogP contribution in [-0.4, -0.2) is 20.4 Å². The van der Waals surface area contributed by atoms with Crippen molar-refractivity contribution in [2.24, 2.45) is 0 Å². The van der Waals surface area contributed by atoms with Gasteiger partial charge in [-0.2, -0.15) is 17.7 Å². The molecule has 0 bridgehead atoms. The van der Waals surface area contributed by atoms with Crippen molar-refractivity contribution >= 4 is 24.4 Å². The molecule has 0 N–H and O–H groups in total. The van der Waals surface area contributed by atoms with Crippen molar-refractivity contribution in [3.63, 3.8) is 0 Å². The van der Waals surface area contributed by atoms with Crippen LogP contribution < -0.4 is 0 Å². The van der Waals surface area contributed by atoms with E-state index in [1.165, 1.54) is 0 Å². The molecule has 0 radical (unpaired) electrons. The van der Waals surface area contributed by atoms with Gasteiger partial charge in [-0.15, -0.1) is 0 Å². The van der Waals surface area contributed by atoms with Crippen LogP contribution in [-0.2, 0) is 0 Å². The molecule has 72 valence electrons.